The van der Waals surface area contributed by atoms with Crippen molar-refractivity contribution in [2.24, 2.45) is 0 Å². The van der Waals surface area contributed by atoms with Gasteiger partial charge >= 0.3 is 32.0 Å². The van der Waals surface area contributed by atoms with Crippen LogP contribution in [-0.2, 0) is 0 Å². The molecule has 0 unspecified atom stereocenters. The van der Waals surface area contributed by atoms with Gasteiger partial charge in [0.15, 0.2) is 0 Å². The van der Waals surface area contributed by atoms with Crippen LogP contribution in [-0.4, -0.2) is 61.0 Å². The zero-order valence-corrected chi connectivity index (χ0v) is 9.61. The van der Waals surface area contributed by atoms with Gasteiger partial charge in [0.2, 0.25) is 0 Å². The van der Waals surface area contributed by atoms with Gasteiger partial charge in [-0.2, -0.15) is 0 Å². The molecule has 0 saturated heterocycles. The van der Waals surface area contributed by atoms with Crippen molar-refractivity contribution in [2.45, 2.75) is 0 Å². The Morgan fingerprint density at radius 2 is 1.20 bits per heavy atom. The number of nitrogens with zero attached hydrogens (tertiary/aromatic N) is 1. The molecule has 0 amide bonds. The van der Waals surface area contributed by atoms with Gasteiger partial charge < -0.3 is 0 Å². The van der Waals surface area contributed by atoms with E-state index < -0.39 is 0 Å². The van der Waals surface area contributed by atoms with Crippen molar-refractivity contribution in [3.63, 3.8) is 0 Å². The summed E-state index contributed by atoms with van der Waals surface area (Å²) in [6.07, 6.45) is 0. The van der Waals surface area contributed by atoms with Gasteiger partial charge in [-0.1, -0.05) is 0 Å². The fourth-order valence-electron chi connectivity index (χ4n) is 0. The molecule has 12 radical (unpaired) electrons. The zero-order chi connectivity index (χ0) is 2.00. The average molecular weight is 317 g/mol. The summed E-state index contributed by atoms with van der Waals surface area (Å²) >= 11 is 3.96. The Labute approximate surface area is 66.4 Å². The molecule has 5 heteroatoms. The topological polar surface area (TPSA) is 30.5 Å². The van der Waals surface area contributed by atoms with E-state index in [0.717, 1.165) is 0 Å². The van der Waals surface area contributed by atoms with Crippen LogP contribution in [0.4, 0.5) is 0 Å². The fourth-order valence-corrected chi connectivity index (χ4v) is 0. The van der Waals surface area contributed by atoms with Crippen molar-refractivity contribution in [1.82, 2.24) is 6.15 Å². The van der Waals surface area contributed by atoms with Gasteiger partial charge in [-0.3, -0.25) is 0 Å². The SMILES string of the molecule is [As].[Ge]=[Te].[N].[Si]. The van der Waals surface area contributed by atoms with Crippen LogP contribution in [0.15, 0.2) is 0 Å². The van der Waals surface area contributed by atoms with E-state index in [2.05, 4.69) is 0 Å². The number of rotatable bonds is 0. The van der Waals surface area contributed by atoms with Gasteiger partial charge in [0.1, 0.15) is 0 Å². The van der Waals surface area contributed by atoms with Gasteiger partial charge in [0.05, 0.1) is 0 Å². The van der Waals surface area contributed by atoms with E-state index >= 15 is 0 Å². The molecule has 0 aromatic rings. The Morgan fingerprint density at radius 3 is 1.20 bits per heavy atom. The Kier molecular flexibility index (Phi) is 202. The van der Waals surface area contributed by atoms with Gasteiger partial charge in [0.25, 0.3) is 0 Å². The van der Waals surface area contributed by atoms with Gasteiger partial charge in [0, 0.05) is 35.1 Å². The predicted octanol–water partition coefficient (Wildman–Crippen LogP) is -2.00. The maximum atomic E-state index is 2.01. The van der Waals surface area contributed by atoms with Crippen LogP contribution >= 0.6 is 0 Å². The molecule has 0 aliphatic heterocycles. The third kappa shape index (κ3) is 23.5. The minimum absolute atomic E-state index is 0. The molecule has 5 heavy (non-hydrogen) atoms. The van der Waals surface area contributed by atoms with E-state index in [-0.39, 0.29) is 35.1 Å². The maximum Gasteiger partial charge on any atom is 0 e. The summed E-state index contributed by atoms with van der Waals surface area (Å²) < 4.78 is 0. The van der Waals surface area contributed by atoms with Crippen molar-refractivity contribution in [3.8, 4) is 0 Å². The molecule has 0 aliphatic carbocycles. The monoisotopic (exact) mass is 321 g/mol. The first-order valence-corrected chi connectivity index (χ1v) is 7.12. The van der Waals surface area contributed by atoms with Crippen molar-refractivity contribution in [2.75, 3.05) is 0 Å². The van der Waals surface area contributed by atoms with E-state index in [0.29, 0.717) is 0 Å². The van der Waals surface area contributed by atoms with E-state index in [1.807, 2.05) is 32.0 Å². The van der Waals surface area contributed by atoms with Gasteiger partial charge in [-0.25, -0.2) is 0 Å². The fraction of sp³-hybridized carbons (Fsp3) is 0. The second kappa shape index (κ2) is 36.4. The van der Waals surface area contributed by atoms with E-state index in [4.69, 9.17) is 0 Å². The van der Waals surface area contributed by atoms with Gasteiger partial charge in [-0.05, 0) is 0 Å². The molecule has 0 heterocycles. The summed E-state index contributed by atoms with van der Waals surface area (Å²) in [4.78, 5) is 0. The first kappa shape index (κ1) is 27.6. The van der Waals surface area contributed by atoms with Crippen LogP contribution in [0.3, 0.4) is 0 Å². The summed E-state index contributed by atoms with van der Waals surface area (Å²) in [5, 5.41) is 0. The molecule has 0 aromatic heterocycles. The zero-order valence-electron chi connectivity index (χ0n) is 2.30. The molecule has 0 aromatic carbocycles. The van der Waals surface area contributed by atoms with Crippen LogP contribution in [0.5, 0.6) is 0 Å². The molecule has 0 spiro atoms. The third-order valence-corrected chi connectivity index (χ3v) is 0. The largest absolute Gasteiger partial charge is 0 e. The second-order valence-electron chi connectivity index (χ2n) is 0. The Hall–Kier alpha value is 2.07. The molecule has 0 saturated carbocycles. The van der Waals surface area contributed by atoms with Crippen molar-refractivity contribution in [1.29, 1.82) is 0 Å². The second-order valence-corrected chi connectivity index (χ2v) is 0. The summed E-state index contributed by atoms with van der Waals surface area (Å²) in [5.74, 6) is 0. The molecule has 24 valence electrons. The van der Waals surface area contributed by atoms with Crippen molar-refractivity contribution < 1.29 is 0 Å². The molecule has 0 aliphatic rings. The Morgan fingerprint density at radius 1 is 1.20 bits per heavy atom. The van der Waals surface area contributed by atoms with Crippen molar-refractivity contribution >= 4 is 61.0 Å². The molecule has 0 bridgehead atoms. The summed E-state index contributed by atoms with van der Waals surface area (Å²) in [6.45, 7) is 0. The van der Waals surface area contributed by atoms with Crippen LogP contribution in [0.25, 0.3) is 0 Å². The van der Waals surface area contributed by atoms with Crippen LogP contribution in [0.1, 0.15) is 0 Å². The van der Waals surface area contributed by atoms with E-state index in [9.17, 15) is 0 Å². The van der Waals surface area contributed by atoms with E-state index in [1.54, 1.807) is 0 Å². The summed E-state index contributed by atoms with van der Waals surface area (Å²) in [6, 6.07) is 0. The molecule has 0 atom stereocenters. The van der Waals surface area contributed by atoms with Crippen molar-refractivity contribution in [3.05, 3.63) is 0 Å². The quantitative estimate of drug-likeness (QED) is 0.463. The minimum atomic E-state index is 0. The van der Waals surface area contributed by atoms with E-state index in [1.165, 1.54) is 0 Å². The molecule has 0 N–H and O–H groups in total. The van der Waals surface area contributed by atoms with Gasteiger partial charge in [-0.15, -0.1) is 0 Å². The molecule has 1 nitrogen and oxygen atoms in total. The maximum absolute atomic E-state index is 2.01. The third-order valence-electron chi connectivity index (χ3n) is 0. The smallest absolute Gasteiger partial charge is 0 e. The summed E-state index contributed by atoms with van der Waals surface area (Å²) in [7, 11) is 0. The normalized spacial score (nSPS) is 0.800. The number of hydrogen-bond acceptors (Lipinski definition) is 0. The predicted molar refractivity (Wildman–Crippen MR) is 25.1 cm³/mol. The molecular weight excluding hydrogens is 317 g/mol. The van der Waals surface area contributed by atoms with Crippen LogP contribution < -0.4 is 6.15 Å². The van der Waals surface area contributed by atoms with Crippen LogP contribution in [0.2, 0.25) is 0 Å². The van der Waals surface area contributed by atoms with Crippen LogP contribution in [0, 0.1) is 0 Å². The number of hydrogen-bond donors (Lipinski definition) is 0. The Balaban J connectivity index is -0.00000000167. The Bertz CT molecular complexity index is 11.6. The minimum Gasteiger partial charge on any atom is 0 e. The first-order valence-electron chi connectivity index (χ1n) is 0.204. The first-order chi connectivity index (χ1) is 1.00. The molecular formula is AsGeNSiTe. The molecule has 0 fully saturated rings. The molecule has 0 rings (SSSR count). The summed E-state index contributed by atoms with van der Waals surface area (Å²) in [5.41, 5.74) is 0. The standard InChI is InChI=1S/As.GeTe.N.Si/c;1-2;;. The average Bonchev–Trinajstić information content (AvgIpc) is 1.00.